The van der Waals surface area contributed by atoms with Gasteiger partial charge in [0.05, 0.1) is 22.4 Å². The van der Waals surface area contributed by atoms with Crippen molar-refractivity contribution in [1.82, 2.24) is 4.57 Å². The molecule has 8 aromatic carbocycles. The van der Waals surface area contributed by atoms with Crippen LogP contribution in [0, 0.1) is 13.8 Å². The highest BCUT2D eigenvalue weighted by molar-refractivity contribution is 6.11. The molecule has 0 bridgehead atoms. The maximum Gasteiger partial charge on any atom is 0.0569 e. The van der Waals surface area contributed by atoms with Gasteiger partial charge in [-0.3, -0.25) is 0 Å². The first kappa shape index (κ1) is 31.3. The van der Waals surface area contributed by atoms with E-state index in [0.717, 1.165) is 17.1 Å². The average molecular weight is 667 g/mol. The van der Waals surface area contributed by atoms with Gasteiger partial charge in [-0.2, -0.15) is 0 Å². The van der Waals surface area contributed by atoms with Crippen LogP contribution in [0.2, 0.25) is 0 Å². The highest BCUT2D eigenvalue weighted by Crippen LogP contribution is 2.44. The van der Waals surface area contributed by atoms with Crippen LogP contribution in [-0.4, -0.2) is 4.57 Å². The molecular weight excluding hydrogens is 629 g/mol. The highest BCUT2D eigenvalue weighted by atomic mass is 15.1. The first-order valence-corrected chi connectivity index (χ1v) is 17.9. The number of aromatic nitrogens is 1. The van der Waals surface area contributed by atoms with E-state index in [2.05, 4.69) is 217 Å². The molecule has 0 atom stereocenters. The van der Waals surface area contributed by atoms with Crippen molar-refractivity contribution in [3.8, 4) is 39.1 Å². The quantitative estimate of drug-likeness (QED) is 0.164. The Balaban J connectivity index is 1.30. The molecule has 248 valence electrons. The lowest BCUT2D eigenvalue weighted by molar-refractivity contribution is 1.15. The van der Waals surface area contributed by atoms with Crippen molar-refractivity contribution in [2.75, 3.05) is 4.90 Å². The van der Waals surface area contributed by atoms with Gasteiger partial charge >= 0.3 is 0 Å². The van der Waals surface area contributed by atoms with Crippen molar-refractivity contribution in [2.45, 2.75) is 13.8 Å². The van der Waals surface area contributed by atoms with Crippen LogP contribution in [0.15, 0.2) is 194 Å². The fraction of sp³-hybridized carbons (Fsp3) is 0.0400. The molecule has 0 radical (unpaired) electrons. The van der Waals surface area contributed by atoms with Crippen LogP contribution in [0.4, 0.5) is 17.1 Å². The normalized spacial score (nSPS) is 11.3. The topological polar surface area (TPSA) is 8.17 Å². The largest absolute Gasteiger partial charge is 0.310 e. The molecule has 0 fully saturated rings. The Bertz CT molecular complexity index is 2670. The summed E-state index contributed by atoms with van der Waals surface area (Å²) in [6, 6.07) is 70.4. The van der Waals surface area contributed by atoms with Crippen molar-refractivity contribution in [3.63, 3.8) is 0 Å². The number of fused-ring (bicyclic) bond motifs is 3. The number of para-hydroxylation sites is 3. The zero-order valence-corrected chi connectivity index (χ0v) is 29.4. The summed E-state index contributed by atoms with van der Waals surface area (Å²) in [7, 11) is 0. The Morgan fingerprint density at radius 1 is 0.385 bits per heavy atom. The van der Waals surface area contributed by atoms with Crippen LogP contribution < -0.4 is 4.90 Å². The van der Waals surface area contributed by atoms with Gasteiger partial charge in [-0.25, -0.2) is 0 Å². The van der Waals surface area contributed by atoms with E-state index in [1.54, 1.807) is 0 Å². The number of hydrogen-bond donors (Lipinski definition) is 0. The predicted octanol–water partition coefficient (Wildman–Crippen LogP) is 13.9. The van der Waals surface area contributed by atoms with Gasteiger partial charge in [-0.1, -0.05) is 163 Å². The summed E-state index contributed by atoms with van der Waals surface area (Å²) in [6.07, 6.45) is 0. The van der Waals surface area contributed by atoms with Crippen molar-refractivity contribution in [3.05, 3.63) is 205 Å². The van der Waals surface area contributed by atoms with Crippen molar-refractivity contribution in [1.29, 1.82) is 0 Å². The van der Waals surface area contributed by atoms with Crippen molar-refractivity contribution >= 4 is 38.9 Å². The Morgan fingerprint density at radius 2 is 0.942 bits per heavy atom. The molecule has 1 aromatic heterocycles. The first-order chi connectivity index (χ1) is 25.6. The molecule has 0 spiro atoms. The van der Waals surface area contributed by atoms with Crippen molar-refractivity contribution in [2.24, 2.45) is 0 Å². The van der Waals surface area contributed by atoms with Crippen LogP contribution in [0.5, 0.6) is 0 Å². The summed E-state index contributed by atoms with van der Waals surface area (Å²) < 4.78 is 2.48. The van der Waals surface area contributed by atoms with Gasteiger partial charge < -0.3 is 9.47 Å². The van der Waals surface area contributed by atoms with Gasteiger partial charge in [-0.05, 0) is 78.1 Å². The number of anilines is 3. The lowest BCUT2D eigenvalue weighted by Crippen LogP contribution is -2.11. The summed E-state index contributed by atoms with van der Waals surface area (Å²) >= 11 is 0. The molecule has 0 N–H and O–H groups in total. The molecule has 0 saturated carbocycles. The summed E-state index contributed by atoms with van der Waals surface area (Å²) in [6.45, 7) is 4.38. The van der Waals surface area contributed by atoms with Crippen LogP contribution in [-0.2, 0) is 0 Å². The van der Waals surface area contributed by atoms with Gasteiger partial charge in [0.15, 0.2) is 0 Å². The minimum absolute atomic E-state index is 1.10. The molecule has 9 aromatic rings. The van der Waals surface area contributed by atoms with Crippen LogP contribution in [0.25, 0.3) is 60.9 Å². The van der Waals surface area contributed by atoms with E-state index >= 15 is 0 Å². The molecule has 2 nitrogen and oxygen atoms in total. The third kappa shape index (κ3) is 5.55. The zero-order valence-electron chi connectivity index (χ0n) is 29.4. The maximum atomic E-state index is 2.48. The van der Waals surface area contributed by atoms with Crippen molar-refractivity contribution < 1.29 is 0 Å². The predicted molar refractivity (Wildman–Crippen MR) is 221 cm³/mol. The second kappa shape index (κ2) is 13.2. The van der Waals surface area contributed by atoms with Gasteiger partial charge in [-0.15, -0.1) is 0 Å². The van der Waals surface area contributed by atoms with E-state index < -0.39 is 0 Å². The monoisotopic (exact) mass is 666 g/mol. The smallest absolute Gasteiger partial charge is 0.0569 e. The first-order valence-electron chi connectivity index (χ1n) is 17.9. The Labute approximate surface area is 305 Å². The number of rotatable bonds is 7. The lowest BCUT2D eigenvalue weighted by atomic mass is 9.99. The summed E-state index contributed by atoms with van der Waals surface area (Å²) in [4.78, 5) is 2.41. The van der Waals surface area contributed by atoms with Crippen LogP contribution in [0.1, 0.15) is 11.1 Å². The van der Waals surface area contributed by atoms with E-state index in [1.807, 2.05) is 0 Å². The van der Waals surface area contributed by atoms with Gasteiger partial charge in [0.2, 0.25) is 0 Å². The Morgan fingerprint density at radius 3 is 1.71 bits per heavy atom. The summed E-state index contributed by atoms with van der Waals surface area (Å²) in [5.41, 5.74) is 16.6. The third-order valence-corrected chi connectivity index (χ3v) is 10.2. The molecule has 9 rings (SSSR count). The van der Waals surface area contributed by atoms with E-state index in [0.29, 0.717) is 0 Å². The molecule has 0 unspecified atom stereocenters. The molecule has 0 aliphatic carbocycles. The number of nitrogens with zero attached hydrogens (tertiary/aromatic N) is 2. The van der Waals surface area contributed by atoms with Gasteiger partial charge in [0.25, 0.3) is 0 Å². The zero-order chi connectivity index (χ0) is 35.0. The van der Waals surface area contributed by atoms with Crippen LogP contribution in [0.3, 0.4) is 0 Å². The van der Waals surface area contributed by atoms with E-state index in [1.165, 1.54) is 72.0 Å². The van der Waals surface area contributed by atoms with E-state index in [9.17, 15) is 0 Å². The molecular formula is C50H38N2. The number of hydrogen-bond acceptors (Lipinski definition) is 1. The molecule has 52 heavy (non-hydrogen) atoms. The SMILES string of the molecule is Cc1ccc(-c2cccc(C)c2-n2c3ccccc3c3ccc(N(c4ccc(-c5ccccc5)cc4)c4ccccc4-c4ccccc4)cc32)cc1. The fourth-order valence-electron chi connectivity index (χ4n) is 7.65. The molecule has 0 aliphatic heterocycles. The second-order valence-electron chi connectivity index (χ2n) is 13.5. The molecule has 1 heterocycles. The molecule has 0 saturated heterocycles. The lowest BCUT2D eigenvalue weighted by Gasteiger charge is -2.28. The Hall–Kier alpha value is -6.64. The Kier molecular flexibility index (Phi) is 7.98. The van der Waals surface area contributed by atoms with E-state index in [4.69, 9.17) is 0 Å². The second-order valence-corrected chi connectivity index (χ2v) is 13.5. The van der Waals surface area contributed by atoms with E-state index in [-0.39, 0.29) is 0 Å². The number of benzene rings is 8. The maximum absolute atomic E-state index is 2.48. The molecule has 0 aliphatic rings. The average Bonchev–Trinajstić information content (AvgIpc) is 3.52. The van der Waals surface area contributed by atoms with Gasteiger partial charge in [0.1, 0.15) is 0 Å². The van der Waals surface area contributed by atoms with Gasteiger partial charge in [0, 0.05) is 33.3 Å². The minimum atomic E-state index is 1.10. The van der Waals surface area contributed by atoms with Crippen LogP contribution >= 0.6 is 0 Å². The number of aryl methyl sites for hydroxylation is 2. The fourth-order valence-corrected chi connectivity index (χ4v) is 7.65. The summed E-state index contributed by atoms with van der Waals surface area (Å²) in [5, 5.41) is 2.47. The summed E-state index contributed by atoms with van der Waals surface area (Å²) in [5.74, 6) is 0. The molecule has 0 amide bonds. The highest BCUT2D eigenvalue weighted by Gasteiger charge is 2.21. The standard InChI is InChI=1S/C50H38N2/c1-35-24-26-40(27-25-35)44-21-13-14-36(2)50(44)52-48-23-12-10-20-45(48)46-33-32-42(34-49(46)52)51(41-30-28-38(29-31-41)37-15-5-3-6-16-37)47-22-11-9-19-43(47)39-17-7-4-8-18-39/h3-34H,1-2H3. The molecule has 2 heteroatoms. The third-order valence-electron chi connectivity index (χ3n) is 10.2. The minimum Gasteiger partial charge on any atom is -0.310 e.